The molecule has 0 saturated carbocycles. The van der Waals surface area contributed by atoms with Gasteiger partial charge in [0.2, 0.25) is 0 Å². The van der Waals surface area contributed by atoms with Gasteiger partial charge in [-0.25, -0.2) is 9.78 Å². The lowest BCUT2D eigenvalue weighted by Gasteiger charge is -2.10. The molecule has 35 heavy (non-hydrogen) atoms. The van der Waals surface area contributed by atoms with Crippen LogP contribution in [0.3, 0.4) is 0 Å². The molecule has 5 rings (SSSR count). The summed E-state index contributed by atoms with van der Waals surface area (Å²) in [4.78, 5) is 16.4. The molecule has 0 aliphatic carbocycles. The molecular weight excluding hydrogens is 446 g/mol. The van der Waals surface area contributed by atoms with E-state index in [2.05, 4.69) is 9.72 Å². The fourth-order valence-corrected chi connectivity index (χ4v) is 3.83. The summed E-state index contributed by atoms with van der Waals surface area (Å²) in [6.45, 7) is 0.938. The summed E-state index contributed by atoms with van der Waals surface area (Å²) < 4.78 is 23.6. The third-order valence-electron chi connectivity index (χ3n) is 5.63. The first kappa shape index (κ1) is 22.2. The van der Waals surface area contributed by atoms with Crippen LogP contribution >= 0.6 is 0 Å². The van der Waals surface area contributed by atoms with E-state index in [9.17, 15) is 4.79 Å². The number of benzene rings is 3. The van der Waals surface area contributed by atoms with Gasteiger partial charge in [0.25, 0.3) is 0 Å². The standard InChI is InChI=1S/C27H23N3O5/c1-32-20-11-7-18(8-12-20)25-17-23(29-35-25)26-28-22-5-3-4-6-24(22)30(26)15-16-34-21-13-9-19(10-14-21)27(31)33-2/h3-14,17H,15-16H2,1-2H3. The average Bonchev–Trinajstić information content (AvgIpc) is 3.54. The van der Waals surface area contributed by atoms with E-state index < -0.39 is 0 Å². The lowest BCUT2D eigenvalue weighted by molar-refractivity contribution is 0.0600. The number of ether oxygens (including phenoxy) is 3. The van der Waals surface area contributed by atoms with E-state index in [0.717, 1.165) is 22.3 Å². The monoisotopic (exact) mass is 469 g/mol. The second kappa shape index (κ2) is 9.72. The van der Waals surface area contributed by atoms with Crippen LogP contribution in [0.4, 0.5) is 0 Å². The van der Waals surface area contributed by atoms with Crippen LogP contribution in [-0.2, 0) is 11.3 Å². The number of nitrogens with zero attached hydrogens (tertiary/aromatic N) is 3. The number of imidazole rings is 1. The molecule has 3 aromatic carbocycles. The quantitative estimate of drug-likeness (QED) is 0.287. The zero-order chi connectivity index (χ0) is 24.2. The van der Waals surface area contributed by atoms with Gasteiger partial charge in [-0.1, -0.05) is 17.3 Å². The molecule has 0 N–H and O–H groups in total. The Kier molecular flexibility index (Phi) is 6.17. The van der Waals surface area contributed by atoms with Crippen molar-refractivity contribution in [2.45, 2.75) is 6.54 Å². The molecule has 2 heterocycles. The van der Waals surface area contributed by atoms with Crippen LogP contribution in [0.5, 0.6) is 11.5 Å². The summed E-state index contributed by atoms with van der Waals surface area (Å²) in [6, 6.07) is 24.2. The first-order valence-electron chi connectivity index (χ1n) is 11.0. The number of para-hydroxylation sites is 2. The van der Waals surface area contributed by atoms with Crippen molar-refractivity contribution in [3.8, 4) is 34.3 Å². The van der Waals surface area contributed by atoms with Gasteiger partial charge in [-0.05, 0) is 60.7 Å². The Morgan fingerprint density at radius 3 is 2.43 bits per heavy atom. The maximum absolute atomic E-state index is 11.6. The molecular formula is C27H23N3O5. The minimum Gasteiger partial charge on any atom is -0.497 e. The third kappa shape index (κ3) is 4.59. The number of aromatic nitrogens is 3. The summed E-state index contributed by atoms with van der Waals surface area (Å²) in [5.41, 5.74) is 3.84. The van der Waals surface area contributed by atoms with Crippen LogP contribution < -0.4 is 9.47 Å². The topological polar surface area (TPSA) is 88.6 Å². The average molecular weight is 469 g/mol. The van der Waals surface area contributed by atoms with Crippen LogP contribution in [0, 0.1) is 0 Å². The van der Waals surface area contributed by atoms with Crippen LogP contribution in [-0.4, -0.2) is 41.5 Å². The van der Waals surface area contributed by atoms with Crippen molar-refractivity contribution >= 4 is 17.0 Å². The van der Waals surface area contributed by atoms with Gasteiger partial charge >= 0.3 is 5.97 Å². The van der Waals surface area contributed by atoms with Crippen LogP contribution in [0.25, 0.3) is 33.9 Å². The lowest BCUT2D eigenvalue weighted by Crippen LogP contribution is -2.10. The predicted octanol–water partition coefficient (Wildman–Crippen LogP) is 5.23. The number of hydrogen-bond acceptors (Lipinski definition) is 7. The second-order valence-corrected chi connectivity index (χ2v) is 7.75. The zero-order valence-electron chi connectivity index (χ0n) is 19.3. The van der Waals surface area contributed by atoms with Crippen molar-refractivity contribution in [3.05, 3.63) is 84.4 Å². The normalized spacial score (nSPS) is 10.9. The summed E-state index contributed by atoms with van der Waals surface area (Å²) in [5.74, 6) is 2.39. The molecule has 0 bridgehead atoms. The largest absolute Gasteiger partial charge is 0.497 e. The number of carbonyl (C=O) groups excluding carboxylic acids is 1. The molecule has 0 aliphatic rings. The Balaban J connectivity index is 1.38. The van der Waals surface area contributed by atoms with Crippen LogP contribution in [0.15, 0.2) is 83.4 Å². The highest BCUT2D eigenvalue weighted by atomic mass is 16.5. The Labute approximate surface area is 201 Å². The summed E-state index contributed by atoms with van der Waals surface area (Å²) in [6.07, 6.45) is 0. The van der Waals surface area contributed by atoms with Crippen LogP contribution in [0.1, 0.15) is 10.4 Å². The van der Waals surface area contributed by atoms with Crippen molar-refractivity contribution in [2.75, 3.05) is 20.8 Å². The van der Waals surface area contributed by atoms with Gasteiger partial charge in [-0.2, -0.15) is 0 Å². The van der Waals surface area contributed by atoms with E-state index in [1.807, 2.05) is 54.6 Å². The van der Waals surface area contributed by atoms with E-state index in [4.69, 9.17) is 23.7 Å². The molecule has 8 nitrogen and oxygen atoms in total. The van der Waals surface area contributed by atoms with Gasteiger partial charge in [0.05, 0.1) is 37.4 Å². The molecule has 176 valence electrons. The van der Waals surface area contributed by atoms with Crippen molar-refractivity contribution in [2.24, 2.45) is 0 Å². The molecule has 0 amide bonds. The lowest BCUT2D eigenvalue weighted by atomic mass is 10.1. The van der Waals surface area contributed by atoms with E-state index in [1.165, 1.54) is 7.11 Å². The molecule has 0 fully saturated rings. The van der Waals surface area contributed by atoms with Crippen molar-refractivity contribution in [1.29, 1.82) is 0 Å². The maximum Gasteiger partial charge on any atom is 0.337 e. The van der Waals surface area contributed by atoms with E-state index in [1.54, 1.807) is 31.4 Å². The SMILES string of the molecule is COC(=O)c1ccc(OCCn2c(-c3cc(-c4ccc(OC)cc4)on3)nc3ccccc32)cc1. The number of esters is 1. The summed E-state index contributed by atoms with van der Waals surface area (Å²) in [5, 5.41) is 4.29. The first-order valence-corrected chi connectivity index (χ1v) is 11.0. The second-order valence-electron chi connectivity index (χ2n) is 7.75. The molecule has 0 unspecified atom stereocenters. The Morgan fingerprint density at radius 1 is 0.943 bits per heavy atom. The summed E-state index contributed by atoms with van der Waals surface area (Å²) >= 11 is 0. The van der Waals surface area contributed by atoms with Crippen molar-refractivity contribution < 1.29 is 23.5 Å². The van der Waals surface area contributed by atoms with Gasteiger partial charge in [0.15, 0.2) is 11.6 Å². The zero-order valence-corrected chi connectivity index (χ0v) is 19.3. The Bertz CT molecular complexity index is 1450. The molecule has 0 radical (unpaired) electrons. The smallest absolute Gasteiger partial charge is 0.337 e. The third-order valence-corrected chi connectivity index (χ3v) is 5.63. The number of rotatable bonds is 8. The van der Waals surface area contributed by atoms with Crippen LogP contribution in [0.2, 0.25) is 0 Å². The highest BCUT2D eigenvalue weighted by Gasteiger charge is 2.17. The van der Waals surface area contributed by atoms with Crippen molar-refractivity contribution in [1.82, 2.24) is 14.7 Å². The number of carbonyl (C=O) groups is 1. The molecule has 5 aromatic rings. The fourth-order valence-electron chi connectivity index (χ4n) is 3.83. The number of hydrogen-bond donors (Lipinski definition) is 0. The highest BCUT2D eigenvalue weighted by molar-refractivity contribution is 5.89. The molecule has 8 heteroatoms. The van der Waals surface area contributed by atoms with E-state index >= 15 is 0 Å². The minimum absolute atomic E-state index is 0.382. The number of fused-ring (bicyclic) bond motifs is 1. The molecule has 0 atom stereocenters. The fraction of sp³-hybridized carbons (Fsp3) is 0.148. The Hall–Kier alpha value is -4.59. The predicted molar refractivity (Wildman–Crippen MR) is 130 cm³/mol. The van der Waals surface area contributed by atoms with Gasteiger partial charge in [0, 0.05) is 11.6 Å². The molecule has 0 spiro atoms. The van der Waals surface area contributed by atoms with Gasteiger partial charge < -0.3 is 23.3 Å². The molecule has 0 saturated heterocycles. The first-order chi connectivity index (χ1) is 17.2. The van der Waals surface area contributed by atoms with E-state index in [0.29, 0.717) is 41.7 Å². The number of methoxy groups -OCH3 is 2. The Morgan fingerprint density at radius 2 is 1.69 bits per heavy atom. The molecule has 0 aliphatic heterocycles. The highest BCUT2D eigenvalue weighted by Crippen LogP contribution is 2.29. The van der Waals surface area contributed by atoms with E-state index in [-0.39, 0.29) is 5.97 Å². The van der Waals surface area contributed by atoms with Gasteiger partial charge in [-0.15, -0.1) is 0 Å². The molecule has 2 aromatic heterocycles. The van der Waals surface area contributed by atoms with Gasteiger partial charge in [0.1, 0.15) is 23.8 Å². The maximum atomic E-state index is 11.6. The van der Waals surface area contributed by atoms with Gasteiger partial charge in [-0.3, -0.25) is 0 Å². The summed E-state index contributed by atoms with van der Waals surface area (Å²) in [7, 11) is 2.99. The minimum atomic E-state index is -0.382. The van der Waals surface area contributed by atoms with Crippen molar-refractivity contribution in [3.63, 3.8) is 0 Å².